The van der Waals surface area contributed by atoms with Crippen LogP contribution in [0.15, 0.2) is 12.3 Å². The highest BCUT2D eigenvalue weighted by Crippen LogP contribution is 2.32. The molecule has 0 radical (unpaired) electrons. The lowest BCUT2D eigenvalue weighted by Gasteiger charge is -2.39. The van der Waals surface area contributed by atoms with Gasteiger partial charge in [0.25, 0.3) is 11.6 Å². The summed E-state index contributed by atoms with van der Waals surface area (Å²) in [6, 6.07) is 1.43. The molecule has 0 aliphatic heterocycles. The SMILES string of the molecule is CCNc1cc(C(=O)NC2(C)CCC2)c([N+](=O)[O-])cn1. The van der Waals surface area contributed by atoms with Crippen LogP contribution in [-0.4, -0.2) is 27.9 Å². The Bertz CT molecular complexity index is 540. The Kier molecular flexibility index (Phi) is 3.87. The lowest BCUT2D eigenvalue weighted by atomic mass is 9.78. The van der Waals surface area contributed by atoms with E-state index in [4.69, 9.17) is 0 Å². The fourth-order valence-corrected chi connectivity index (χ4v) is 2.23. The summed E-state index contributed by atoms with van der Waals surface area (Å²) in [5.41, 5.74) is -0.465. The van der Waals surface area contributed by atoms with E-state index >= 15 is 0 Å². The van der Waals surface area contributed by atoms with E-state index in [1.54, 1.807) is 0 Å². The van der Waals surface area contributed by atoms with Crippen molar-refractivity contribution in [2.45, 2.75) is 38.6 Å². The van der Waals surface area contributed by atoms with Crippen LogP contribution in [0.1, 0.15) is 43.5 Å². The third-order valence-electron chi connectivity index (χ3n) is 3.55. The number of nitrogens with one attached hydrogen (secondary N) is 2. The van der Waals surface area contributed by atoms with Gasteiger partial charge in [-0.05, 0) is 33.1 Å². The molecular formula is C13H18N4O3. The van der Waals surface area contributed by atoms with Crippen LogP contribution in [0.2, 0.25) is 0 Å². The molecule has 1 aromatic rings. The number of hydrogen-bond acceptors (Lipinski definition) is 5. The molecule has 2 rings (SSSR count). The Labute approximate surface area is 116 Å². The molecule has 7 heteroatoms. The molecule has 1 amide bonds. The van der Waals surface area contributed by atoms with Crippen LogP contribution in [0, 0.1) is 10.1 Å². The highest BCUT2D eigenvalue weighted by atomic mass is 16.6. The molecule has 0 bridgehead atoms. The summed E-state index contributed by atoms with van der Waals surface area (Å²) in [6.07, 6.45) is 3.99. The van der Waals surface area contributed by atoms with E-state index in [-0.39, 0.29) is 16.8 Å². The van der Waals surface area contributed by atoms with Gasteiger partial charge in [0.05, 0.1) is 4.92 Å². The van der Waals surface area contributed by atoms with Gasteiger partial charge in [-0.3, -0.25) is 14.9 Å². The first-order valence-electron chi connectivity index (χ1n) is 6.66. The summed E-state index contributed by atoms with van der Waals surface area (Å²) in [7, 11) is 0. The van der Waals surface area contributed by atoms with Crippen LogP contribution in [-0.2, 0) is 0 Å². The number of anilines is 1. The predicted octanol–water partition coefficient (Wildman–Crippen LogP) is 2.09. The minimum absolute atomic E-state index is 0.0501. The van der Waals surface area contributed by atoms with E-state index in [1.807, 2.05) is 13.8 Å². The summed E-state index contributed by atoms with van der Waals surface area (Å²) < 4.78 is 0. The molecule has 1 heterocycles. The van der Waals surface area contributed by atoms with Gasteiger partial charge in [-0.2, -0.15) is 0 Å². The van der Waals surface area contributed by atoms with Gasteiger partial charge in [-0.25, -0.2) is 4.98 Å². The molecule has 7 nitrogen and oxygen atoms in total. The molecule has 108 valence electrons. The van der Waals surface area contributed by atoms with Crippen LogP contribution in [0.5, 0.6) is 0 Å². The lowest BCUT2D eigenvalue weighted by molar-refractivity contribution is -0.385. The van der Waals surface area contributed by atoms with Crippen molar-refractivity contribution in [3.8, 4) is 0 Å². The maximum atomic E-state index is 12.3. The molecule has 0 aromatic carbocycles. The van der Waals surface area contributed by atoms with Crippen molar-refractivity contribution in [3.05, 3.63) is 27.9 Å². The Morgan fingerprint density at radius 1 is 1.55 bits per heavy atom. The van der Waals surface area contributed by atoms with Crippen molar-refractivity contribution >= 4 is 17.4 Å². The monoisotopic (exact) mass is 278 g/mol. The van der Waals surface area contributed by atoms with Gasteiger partial charge in [0.15, 0.2) is 0 Å². The summed E-state index contributed by atoms with van der Waals surface area (Å²) >= 11 is 0. The largest absolute Gasteiger partial charge is 0.370 e. The molecule has 0 unspecified atom stereocenters. The molecule has 0 saturated heterocycles. The average Bonchev–Trinajstić information content (AvgIpc) is 2.36. The smallest absolute Gasteiger partial charge is 0.300 e. The topological polar surface area (TPSA) is 97.2 Å². The number of rotatable bonds is 5. The standard InChI is InChI=1S/C13H18N4O3/c1-3-14-11-7-9(10(8-15-11)17(19)20)12(18)16-13(2)5-4-6-13/h7-8H,3-6H2,1-2H3,(H,14,15)(H,16,18). The number of carbonyl (C=O) groups excluding carboxylic acids is 1. The second kappa shape index (κ2) is 5.44. The molecule has 20 heavy (non-hydrogen) atoms. The Balaban J connectivity index is 2.28. The first-order valence-corrected chi connectivity index (χ1v) is 6.66. The average molecular weight is 278 g/mol. The van der Waals surface area contributed by atoms with E-state index < -0.39 is 10.8 Å². The van der Waals surface area contributed by atoms with Gasteiger partial charge in [0.1, 0.15) is 17.6 Å². The second-order valence-electron chi connectivity index (χ2n) is 5.24. The first kappa shape index (κ1) is 14.2. The van der Waals surface area contributed by atoms with Crippen LogP contribution in [0.25, 0.3) is 0 Å². The first-order chi connectivity index (χ1) is 9.45. The minimum atomic E-state index is -0.583. The van der Waals surface area contributed by atoms with Crippen LogP contribution >= 0.6 is 0 Å². The second-order valence-corrected chi connectivity index (χ2v) is 5.24. The van der Waals surface area contributed by atoms with Gasteiger partial charge in [-0.15, -0.1) is 0 Å². The van der Waals surface area contributed by atoms with E-state index in [0.717, 1.165) is 25.5 Å². The summed E-state index contributed by atoms with van der Waals surface area (Å²) in [4.78, 5) is 26.6. The molecule has 1 aromatic heterocycles. The van der Waals surface area contributed by atoms with Crippen LogP contribution in [0.4, 0.5) is 11.5 Å². The highest BCUT2D eigenvalue weighted by Gasteiger charge is 2.35. The number of hydrogen-bond donors (Lipinski definition) is 2. The maximum absolute atomic E-state index is 12.3. The third-order valence-corrected chi connectivity index (χ3v) is 3.55. The zero-order valence-corrected chi connectivity index (χ0v) is 11.6. The predicted molar refractivity (Wildman–Crippen MR) is 74.8 cm³/mol. The van der Waals surface area contributed by atoms with Crippen molar-refractivity contribution in [1.29, 1.82) is 0 Å². The van der Waals surface area contributed by atoms with Crippen molar-refractivity contribution in [2.75, 3.05) is 11.9 Å². The third kappa shape index (κ3) is 2.87. The summed E-state index contributed by atoms with van der Waals surface area (Å²) in [6.45, 7) is 4.47. The lowest BCUT2D eigenvalue weighted by Crippen LogP contribution is -2.51. The van der Waals surface area contributed by atoms with E-state index in [1.165, 1.54) is 6.07 Å². The number of nitro groups is 1. The Hall–Kier alpha value is -2.18. The van der Waals surface area contributed by atoms with Gasteiger partial charge in [-0.1, -0.05) is 0 Å². The van der Waals surface area contributed by atoms with E-state index in [9.17, 15) is 14.9 Å². The molecule has 1 aliphatic carbocycles. The Morgan fingerprint density at radius 2 is 2.25 bits per heavy atom. The molecule has 1 aliphatic rings. The zero-order chi connectivity index (χ0) is 14.8. The Morgan fingerprint density at radius 3 is 2.75 bits per heavy atom. The van der Waals surface area contributed by atoms with Crippen molar-refractivity contribution in [2.24, 2.45) is 0 Å². The highest BCUT2D eigenvalue weighted by molar-refractivity contribution is 5.99. The van der Waals surface area contributed by atoms with Crippen molar-refractivity contribution < 1.29 is 9.72 Å². The molecule has 1 saturated carbocycles. The number of amides is 1. The van der Waals surface area contributed by atoms with E-state index in [2.05, 4.69) is 15.6 Å². The normalized spacial score (nSPS) is 16.1. The van der Waals surface area contributed by atoms with Crippen LogP contribution in [0.3, 0.4) is 0 Å². The molecule has 1 fully saturated rings. The van der Waals surface area contributed by atoms with Gasteiger partial charge in [0, 0.05) is 18.2 Å². The van der Waals surface area contributed by atoms with Crippen molar-refractivity contribution in [3.63, 3.8) is 0 Å². The van der Waals surface area contributed by atoms with E-state index in [0.29, 0.717) is 12.4 Å². The summed E-state index contributed by atoms with van der Waals surface area (Å²) in [5, 5.41) is 16.8. The molecular weight excluding hydrogens is 260 g/mol. The maximum Gasteiger partial charge on any atom is 0.300 e. The summed E-state index contributed by atoms with van der Waals surface area (Å²) in [5.74, 6) is 0.0439. The number of nitrogens with zero attached hydrogens (tertiary/aromatic N) is 2. The minimum Gasteiger partial charge on any atom is -0.370 e. The quantitative estimate of drug-likeness (QED) is 0.635. The molecule has 0 atom stereocenters. The number of aromatic nitrogens is 1. The molecule has 2 N–H and O–H groups in total. The fraction of sp³-hybridized carbons (Fsp3) is 0.538. The van der Waals surface area contributed by atoms with Crippen molar-refractivity contribution in [1.82, 2.24) is 10.3 Å². The van der Waals surface area contributed by atoms with Crippen LogP contribution < -0.4 is 10.6 Å². The molecule has 0 spiro atoms. The van der Waals surface area contributed by atoms with Gasteiger partial charge >= 0.3 is 0 Å². The fourth-order valence-electron chi connectivity index (χ4n) is 2.23. The van der Waals surface area contributed by atoms with Gasteiger partial charge in [0.2, 0.25) is 0 Å². The van der Waals surface area contributed by atoms with Gasteiger partial charge < -0.3 is 10.6 Å². The number of carbonyl (C=O) groups is 1. The zero-order valence-electron chi connectivity index (χ0n) is 11.6. The number of pyridine rings is 1.